The van der Waals surface area contributed by atoms with Crippen LogP contribution >= 0.6 is 0 Å². The van der Waals surface area contributed by atoms with Crippen LogP contribution in [0.1, 0.15) is 41.8 Å². The molecule has 1 heterocycles. The molecule has 150 valence electrons. The second kappa shape index (κ2) is 7.95. The molecule has 1 aliphatic rings. The number of anilines is 1. The standard InChI is InChI=1S/C22H28N2O3S/c1-15-5-8-19(9-6-15)23-28(26,27)20-10-7-18(4)21(12-20)22(25)24-13-16(2)11-17(3)14-24/h5-10,12,16-17,23H,11,13-14H2,1-4H3. The van der Waals surface area contributed by atoms with E-state index in [1.54, 1.807) is 24.3 Å². The lowest BCUT2D eigenvalue weighted by molar-refractivity contribution is 0.0622. The molecule has 1 fully saturated rings. The van der Waals surface area contributed by atoms with Crippen LogP contribution in [-0.2, 0) is 10.0 Å². The molecule has 2 atom stereocenters. The highest BCUT2D eigenvalue weighted by Gasteiger charge is 2.28. The summed E-state index contributed by atoms with van der Waals surface area (Å²) in [5.74, 6) is 0.800. The zero-order valence-corrected chi connectivity index (χ0v) is 17.7. The van der Waals surface area contributed by atoms with Gasteiger partial charge >= 0.3 is 0 Å². The second-order valence-electron chi connectivity index (χ2n) is 8.10. The van der Waals surface area contributed by atoms with Crippen molar-refractivity contribution in [3.63, 3.8) is 0 Å². The molecule has 6 heteroatoms. The lowest BCUT2D eigenvalue weighted by Crippen LogP contribution is -2.42. The number of rotatable bonds is 4. The quantitative estimate of drug-likeness (QED) is 0.835. The fourth-order valence-electron chi connectivity index (χ4n) is 3.83. The van der Waals surface area contributed by atoms with Gasteiger partial charge in [0.05, 0.1) is 4.90 Å². The molecule has 2 unspecified atom stereocenters. The van der Waals surface area contributed by atoms with Crippen LogP contribution in [0.2, 0.25) is 0 Å². The Kier molecular flexibility index (Phi) is 5.79. The minimum atomic E-state index is -3.77. The molecule has 1 N–H and O–H groups in total. The zero-order chi connectivity index (χ0) is 20.5. The van der Waals surface area contributed by atoms with Gasteiger partial charge in [0.25, 0.3) is 15.9 Å². The monoisotopic (exact) mass is 400 g/mol. The SMILES string of the molecule is Cc1ccc(NS(=O)(=O)c2ccc(C)c(C(=O)N3CC(C)CC(C)C3)c2)cc1. The number of aryl methyl sites for hydroxylation is 2. The Balaban J connectivity index is 1.88. The second-order valence-corrected chi connectivity index (χ2v) is 9.79. The fraction of sp³-hybridized carbons (Fsp3) is 0.409. The van der Waals surface area contributed by atoms with Gasteiger partial charge in [0.1, 0.15) is 0 Å². The number of sulfonamides is 1. The third kappa shape index (κ3) is 4.55. The molecule has 1 aliphatic heterocycles. The number of likely N-dealkylation sites (tertiary alicyclic amines) is 1. The summed E-state index contributed by atoms with van der Waals surface area (Å²) in [6, 6.07) is 11.9. The van der Waals surface area contributed by atoms with Gasteiger partial charge in [-0.25, -0.2) is 8.42 Å². The van der Waals surface area contributed by atoms with E-state index in [1.807, 2.05) is 30.9 Å². The van der Waals surface area contributed by atoms with Crippen molar-refractivity contribution in [1.82, 2.24) is 4.90 Å². The minimum absolute atomic E-state index is 0.0942. The van der Waals surface area contributed by atoms with Crippen LogP contribution in [-0.4, -0.2) is 32.3 Å². The Morgan fingerprint density at radius 1 is 1.00 bits per heavy atom. The molecular weight excluding hydrogens is 372 g/mol. The first-order chi connectivity index (χ1) is 13.2. The number of piperidine rings is 1. The van der Waals surface area contributed by atoms with Gasteiger partial charge in [-0.1, -0.05) is 37.6 Å². The highest BCUT2D eigenvalue weighted by Crippen LogP contribution is 2.25. The van der Waals surface area contributed by atoms with Crippen LogP contribution in [0.3, 0.4) is 0 Å². The molecule has 5 nitrogen and oxygen atoms in total. The third-order valence-electron chi connectivity index (χ3n) is 5.21. The van der Waals surface area contributed by atoms with E-state index in [2.05, 4.69) is 18.6 Å². The molecule has 0 radical (unpaired) electrons. The van der Waals surface area contributed by atoms with Crippen molar-refractivity contribution in [3.05, 3.63) is 59.2 Å². The first-order valence-electron chi connectivity index (χ1n) is 9.65. The number of hydrogen-bond donors (Lipinski definition) is 1. The summed E-state index contributed by atoms with van der Waals surface area (Å²) < 4.78 is 28.2. The van der Waals surface area contributed by atoms with Crippen molar-refractivity contribution in [2.24, 2.45) is 11.8 Å². The van der Waals surface area contributed by atoms with Crippen LogP contribution in [0.25, 0.3) is 0 Å². The molecule has 0 aromatic heterocycles. The van der Waals surface area contributed by atoms with Gasteiger partial charge in [0, 0.05) is 24.3 Å². The summed E-state index contributed by atoms with van der Waals surface area (Å²) in [6.07, 6.45) is 1.11. The number of benzene rings is 2. The lowest BCUT2D eigenvalue weighted by Gasteiger charge is -2.35. The summed E-state index contributed by atoms with van der Waals surface area (Å²) in [4.78, 5) is 15.0. The van der Waals surface area contributed by atoms with Crippen LogP contribution in [0.15, 0.2) is 47.4 Å². The summed E-state index contributed by atoms with van der Waals surface area (Å²) in [5, 5.41) is 0. The van der Waals surface area contributed by atoms with E-state index in [0.29, 0.717) is 36.2 Å². The molecule has 28 heavy (non-hydrogen) atoms. The van der Waals surface area contributed by atoms with Gasteiger partial charge in [-0.2, -0.15) is 0 Å². The van der Waals surface area contributed by atoms with E-state index in [1.165, 1.54) is 6.07 Å². The molecule has 2 aromatic rings. The number of amides is 1. The van der Waals surface area contributed by atoms with Crippen molar-refractivity contribution in [2.75, 3.05) is 17.8 Å². The van der Waals surface area contributed by atoms with Gasteiger partial charge in [0.15, 0.2) is 0 Å². The van der Waals surface area contributed by atoms with Crippen LogP contribution < -0.4 is 4.72 Å². The fourth-order valence-corrected chi connectivity index (χ4v) is 4.92. The Hall–Kier alpha value is -2.34. The van der Waals surface area contributed by atoms with Gasteiger partial charge in [-0.15, -0.1) is 0 Å². The summed E-state index contributed by atoms with van der Waals surface area (Å²) in [6.45, 7) is 9.50. The molecule has 1 saturated heterocycles. The molecule has 0 aliphatic carbocycles. The highest BCUT2D eigenvalue weighted by atomic mass is 32.2. The maximum absolute atomic E-state index is 13.1. The van der Waals surface area contributed by atoms with Gasteiger partial charge < -0.3 is 4.90 Å². The van der Waals surface area contributed by atoms with Gasteiger partial charge in [-0.3, -0.25) is 9.52 Å². The lowest BCUT2D eigenvalue weighted by atomic mass is 9.91. The molecule has 1 amide bonds. The Bertz CT molecular complexity index is 958. The normalized spacial score (nSPS) is 20.1. The van der Waals surface area contributed by atoms with E-state index >= 15 is 0 Å². The number of nitrogens with zero attached hydrogens (tertiary/aromatic N) is 1. The molecule has 0 spiro atoms. The highest BCUT2D eigenvalue weighted by molar-refractivity contribution is 7.92. The number of nitrogens with one attached hydrogen (secondary N) is 1. The maximum Gasteiger partial charge on any atom is 0.261 e. The van der Waals surface area contributed by atoms with Crippen LogP contribution in [0, 0.1) is 25.7 Å². The van der Waals surface area contributed by atoms with E-state index in [4.69, 9.17) is 0 Å². The third-order valence-corrected chi connectivity index (χ3v) is 6.59. The molecule has 0 bridgehead atoms. The molecule has 2 aromatic carbocycles. The zero-order valence-electron chi connectivity index (χ0n) is 16.9. The van der Waals surface area contributed by atoms with Crippen molar-refractivity contribution in [2.45, 2.75) is 39.0 Å². The summed E-state index contributed by atoms with van der Waals surface area (Å²) in [7, 11) is -3.77. The number of hydrogen-bond acceptors (Lipinski definition) is 3. The largest absolute Gasteiger partial charge is 0.338 e. The van der Waals surface area contributed by atoms with E-state index < -0.39 is 10.0 Å². The van der Waals surface area contributed by atoms with E-state index in [-0.39, 0.29) is 10.8 Å². The van der Waals surface area contributed by atoms with Crippen molar-refractivity contribution < 1.29 is 13.2 Å². The van der Waals surface area contributed by atoms with Crippen molar-refractivity contribution in [3.8, 4) is 0 Å². The Morgan fingerprint density at radius 2 is 1.61 bits per heavy atom. The smallest absolute Gasteiger partial charge is 0.261 e. The first kappa shape index (κ1) is 20.4. The molecule has 3 rings (SSSR count). The van der Waals surface area contributed by atoms with Crippen LogP contribution in [0.4, 0.5) is 5.69 Å². The average molecular weight is 401 g/mol. The predicted molar refractivity (Wildman–Crippen MR) is 112 cm³/mol. The maximum atomic E-state index is 13.1. The van der Waals surface area contributed by atoms with Gasteiger partial charge in [0.2, 0.25) is 0 Å². The molecule has 0 saturated carbocycles. The van der Waals surface area contributed by atoms with E-state index in [0.717, 1.165) is 17.5 Å². The Morgan fingerprint density at radius 3 is 2.21 bits per heavy atom. The molecular formula is C22H28N2O3S. The minimum Gasteiger partial charge on any atom is -0.338 e. The predicted octanol–water partition coefficient (Wildman–Crippen LogP) is 4.22. The summed E-state index contributed by atoms with van der Waals surface area (Å²) >= 11 is 0. The number of carbonyl (C=O) groups excluding carboxylic acids is 1. The van der Waals surface area contributed by atoms with Gasteiger partial charge in [-0.05, 0) is 61.9 Å². The number of carbonyl (C=O) groups is 1. The summed E-state index contributed by atoms with van der Waals surface area (Å²) in [5.41, 5.74) is 2.78. The van der Waals surface area contributed by atoms with Crippen molar-refractivity contribution in [1.29, 1.82) is 0 Å². The van der Waals surface area contributed by atoms with Crippen molar-refractivity contribution >= 4 is 21.6 Å². The first-order valence-corrected chi connectivity index (χ1v) is 11.1. The average Bonchev–Trinajstić information content (AvgIpc) is 2.62. The Labute approximate surface area is 167 Å². The van der Waals surface area contributed by atoms with E-state index in [9.17, 15) is 13.2 Å². The topological polar surface area (TPSA) is 66.5 Å². The van der Waals surface area contributed by atoms with Crippen LogP contribution in [0.5, 0.6) is 0 Å².